The number of carbonyl (C=O) groups excluding carboxylic acids is 1. The van der Waals surface area contributed by atoms with E-state index in [0.29, 0.717) is 17.4 Å². The van der Waals surface area contributed by atoms with Crippen molar-refractivity contribution >= 4 is 13.7 Å². The van der Waals surface area contributed by atoms with Gasteiger partial charge in [-0.05, 0) is 44.9 Å². The molecular weight excluding hydrogens is 996 g/mol. The number of aliphatic hydroxyl groups excluding tert-OH is 1. The molecule has 0 saturated heterocycles. The number of aliphatic hydroxyl groups is 1. The summed E-state index contributed by atoms with van der Waals surface area (Å²) in [4.78, 5) is 25.6. The molecule has 9 heteroatoms. The van der Waals surface area contributed by atoms with Crippen LogP contribution in [0.2, 0.25) is 0 Å². The number of phosphoric ester groups is 1. The number of unbranched alkanes of at least 4 members (excludes halogenated alkanes) is 48. The molecule has 0 fully saturated rings. The van der Waals surface area contributed by atoms with Gasteiger partial charge >= 0.3 is 0 Å². The van der Waals surface area contributed by atoms with Crippen molar-refractivity contribution in [2.45, 2.75) is 366 Å². The van der Waals surface area contributed by atoms with Gasteiger partial charge in [0, 0.05) is 6.42 Å². The molecule has 8 nitrogen and oxygen atoms in total. The van der Waals surface area contributed by atoms with E-state index < -0.39 is 26.6 Å². The average molecular weight is 1130 g/mol. The molecule has 0 rings (SSSR count). The predicted octanol–water partition coefficient (Wildman–Crippen LogP) is 21.4. The Morgan fingerprint density at radius 3 is 1.03 bits per heavy atom. The van der Waals surface area contributed by atoms with Crippen molar-refractivity contribution in [3.05, 3.63) is 36.5 Å². The number of phosphoric acid groups is 1. The second-order valence-electron chi connectivity index (χ2n) is 25.2. The van der Waals surface area contributed by atoms with Crippen LogP contribution in [0.3, 0.4) is 0 Å². The van der Waals surface area contributed by atoms with Crippen LogP contribution < -0.4 is 10.2 Å². The Bertz CT molecular complexity index is 1380. The summed E-state index contributed by atoms with van der Waals surface area (Å²) in [5.74, 6) is -0.204. The number of hydrogen-bond donors (Lipinski definition) is 2. The molecule has 0 aromatic rings. The molecule has 2 N–H and O–H groups in total. The highest BCUT2D eigenvalue weighted by atomic mass is 31.2. The van der Waals surface area contributed by atoms with E-state index in [1.54, 1.807) is 6.08 Å². The molecule has 0 bridgehead atoms. The Hall–Kier alpha value is -1.28. The molecule has 0 aliphatic rings. The molecule has 0 aromatic carbocycles. The summed E-state index contributed by atoms with van der Waals surface area (Å²) in [5, 5.41) is 13.9. The molecule has 0 saturated carbocycles. The number of amides is 1. The Morgan fingerprint density at radius 1 is 0.430 bits per heavy atom. The van der Waals surface area contributed by atoms with E-state index in [9.17, 15) is 19.4 Å². The average Bonchev–Trinajstić information content (AvgIpc) is 3.42. The first kappa shape index (κ1) is 77.7. The molecule has 1 amide bonds. The molecule has 0 spiro atoms. The minimum atomic E-state index is -4.61. The van der Waals surface area contributed by atoms with Gasteiger partial charge in [0.15, 0.2) is 0 Å². The summed E-state index contributed by atoms with van der Waals surface area (Å²) in [7, 11) is 1.25. The number of quaternary nitrogens is 1. The molecule has 0 heterocycles. The lowest BCUT2D eigenvalue weighted by molar-refractivity contribution is -0.870. The number of allylic oxidation sites excluding steroid dienone is 5. The highest BCUT2D eigenvalue weighted by Gasteiger charge is 2.23. The third-order valence-corrected chi connectivity index (χ3v) is 17.0. The van der Waals surface area contributed by atoms with Crippen LogP contribution in [-0.4, -0.2) is 68.5 Å². The number of carbonyl (C=O) groups is 1. The van der Waals surface area contributed by atoms with Crippen molar-refractivity contribution in [1.29, 1.82) is 0 Å². The first-order valence-electron chi connectivity index (χ1n) is 34.9. The quantitative estimate of drug-likeness (QED) is 0.0272. The SMILES string of the molecule is CCCCCCCCCCCCCCCCCC/C=C/CC/C=C/CC/C=C/C(O)C(COP(=O)([O-])OCC[N+](C)(C)C)NC(=O)CCCCCCCCCCCCCCCCCCCCCCCCCCCCCCCCC. The van der Waals surface area contributed by atoms with E-state index in [2.05, 4.69) is 43.5 Å². The summed E-state index contributed by atoms with van der Waals surface area (Å²) in [6, 6.07) is -0.909. The summed E-state index contributed by atoms with van der Waals surface area (Å²) in [6.45, 7) is 4.68. The van der Waals surface area contributed by atoms with E-state index in [1.165, 1.54) is 289 Å². The summed E-state index contributed by atoms with van der Waals surface area (Å²) < 4.78 is 23.4. The second kappa shape index (κ2) is 61.3. The van der Waals surface area contributed by atoms with Crippen LogP contribution in [0.15, 0.2) is 36.5 Å². The van der Waals surface area contributed by atoms with Crippen molar-refractivity contribution in [1.82, 2.24) is 5.32 Å². The Labute approximate surface area is 493 Å². The van der Waals surface area contributed by atoms with Gasteiger partial charge in [0.05, 0.1) is 39.9 Å². The normalized spacial score (nSPS) is 13.9. The largest absolute Gasteiger partial charge is 0.756 e. The van der Waals surface area contributed by atoms with Crippen LogP contribution in [0.4, 0.5) is 0 Å². The Morgan fingerprint density at radius 2 is 0.709 bits per heavy atom. The Balaban J connectivity index is 4.09. The maximum atomic E-state index is 13.0. The number of nitrogens with one attached hydrogen (secondary N) is 1. The van der Waals surface area contributed by atoms with Gasteiger partial charge < -0.3 is 28.8 Å². The van der Waals surface area contributed by atoms with Gasteiger partial charge in [-0.3, -0.25) is 9.36 Å². The molecule has 3 unspecified atom stereocenters. The fourth-order valence-electron chi connectivity index (χ4n) is 10.7. The third kappa shape index (κ3) is 64.1. The highest BCUT2D eigenvalue weighted by molar-refractivity contribution is 7.45. The van der Waals surface area contributed by atoms with Gasteiger partial charge in [-0.15, -0.1) is 0 Å². The first-order valence-corrected chi connectivity index (χ1v) is 36.3. The fourth-order valence-corrected chi connectivity index (χ4v) is 11.4. The molecule has 468 valence electrons. The van der Waals surface area contributed by atoms with Crippen molar-refractivity contribution in [2.24, 2.45) is 0 Å². The van der Waals surface area contributed by atoms with E-state index in [-0.39, 0.29) is 12.5 Å². The maximum Gasteiger partial charge on any atom is 0.268 e. The van der Waals surface area contributed by atoms with Gasteiger partial charge in [-0.1, -0.05) is 339 Å². The lowest BCUT2D eigenvalue weighted by atomic mass is 10.0. The van der Waals surface area contributed by atoms with Gasteiger partial charge in [0.25, 0.3) is 7.82 Å². The minimum Gasteiger partial charge on any atom is -0.756 e. The van der Waals surface area contributed by atoms with Crippen molar-refractivity contribution in [3.63, 3.8) is 0 Å². The van der Waals surface area contributed by atoms with E-state index in [1.807, 2.05) is 27.2 Å². The molecule has 0 radical (unpaired) electrons. The van der Waals surface area contributed by atoms with Crippen LogP contribution in [0.1, 0.15) is 354 Å². The van der Waals surface area contributed by atoms with Crippen LogP contribution in [-0.2, 0) is 18.4 Å². The molecule has 3 atom stereocenters. The van der Waals surface area contributed by atoms with Crippen molar-refractivity contribution in [3.8, 4) is 0 Å². The van der Waals surface area contributed by atoms with Crippen molar-refractivity contribution < 1.29 is 32.9 Å². The monoisotopic (exact) mass is 1130 g/mol. The minimum absolute atomic E-state index is 0.00709. The predicted molar refractivity (Wildman–Crippen MR) is 344 cm³/mol. The fraction of sp³-hybridized carbons (Fsp3) is 0.900. The van der Waals surface area contributed by atoms with E-state index in [0.717, 1.165) is 44.9 Å². The topological polar surface area (TPSA) is 108 Å². The molecular formula is C70H137N2O6P. The van der Waals surface area contributed by atoms with E-state index >= 15 is 0 Å². The third-order valence-electron chi connectivity index (χ3n) is 16.1. The van der Waals surface area contributed by atoms with Crippen LogP contribution in [0, 0.1) is 0 Å². The Kier molecular flexibility index (Phi) is 60.3. The summed E-state index contributed by atoms with van der Waals surface area (Å²) in [6.07, 6.45) is 81.4. The maximum absolute atomic E-state index is 13.0. The smallest absolute Gasteiger partial charge is 0.268 e. The lowest BCUT2D eigenvalue weighted by Gasteiger charge is -2.29. The highest BCUT2D eigenvalue weighted by Crippen LogP contribution is 2.38. The molecule has 79 heavy (non-hydrogen) atoms. The zero-order valence-corrected chi connectivity index (χ0v) is 54.5. The zero-order chi connectivity index (χ0) is 57.7. The molecule has 0 aliphatic carbocycles. The van der Waals surface area contributed by atoms with Gasteiger partial charge in [0.1, 0.15) is 13.2 Å². The number of nitrogens with zero attached hydrogens (tertiary/aromatic N) is 1. The van der Waals surface area contributed by atoms with Gasteiger partial charge in [-0.2, -0.15) is 0 Å². The lowest BCUT2D eigenvalue weighted by Crippen LogP contribution is -2.45. The van der Waals surface area contributed by atoms with Crippen LogP contribution in [0.25, 0.3) is 0 Å². The number of rotatable bonds is 65. The number of likely N-dealkylation sites (N-methyl/N-ethyl adjacent to an activating group) is 1. The van der Waals surface area contributed by atoms with Crippen LogP contribution >= 0.6 is 7.82 Å². The van der Waals surface area contributed by atoms with Gasteiger partial charge in [-0.25, -0.2) is 0 Å². The second-order valence-corrected chi connectivity index (χ2v) is 26.6. The first-order chi connectivity index (χ1) is 38.5. The molecule has 0 aromatic heterocycles. The zero-order valence-electron chi connectivity index (χ0n) is 53.6. The van der Waals surface area contributed by atoms with Crippen molar-refractivity contribution in [2.75, 3.05) is 40.9 Å². The summed E-state index contributed by atoms with van der Waals surface area (Å²) in [5.41, 5.74) is 0. The van der Waals surface area contributed by atoms with Gasteiger partial charge in [0.2, 0.25) is 5.91 Å². The standard InChI is InChI=1S/C70H137N2O6P/c1-6-8-10-12-14-16-18-20-22-24-26-28-30-32-34-35-36-37-38-40-42-44-46-48-50-52-54-56-58-60-62-64-70(74)71-68(67-78-79(75,76)77-66-65-72(3,4)5)69(73)63-61-59-57-55-53-51-49-47-45-43-41-39-33-31-29-27-25-23-21-19-17-15-13-11-9-7-2/h45,47,53,55,61,63,68-69,73H,6-44,46,48-52,54,56-60,62,64-67H2,1-5H3,(H-,71,74,75,76)/b47-45+,55-53+,63-61+. The summed E-state index contributed by atoms with van der Waals surface area (Å²) >= 11 is 0. The molecule has 0 aliphatic heterocycles. The number of hydrogen-bond acceptors (Lipinski definition) is 6. The van der Waals surface area contributed by atoms with E-state index in [4.69, 9.17) is 9.05 Å². The van der Waals surface area contributed by atoms with Crippen LogP contribution in [0.5, 0.6) is 0 Å².